The van der Waals surface area contributed by atoms with Crippen LogP contribution in [-0.2, 0) is 14.3 Å². The molecule has 2 N–H and O–H groups in total. The number of hydrogen-bond donors (Lipinski definition) is 2. The lowest BCUT2D eigenvalue weighted by molar-refractivity contribution is -0.122. The summed E-state index contributed by atoms with van der Waals surface area (Å²) >= 11 is 0. The van der Waals surface area contributed by atoms with Gasteiger partial charge in [-0.2, -0.15) is 5.26 Å². The Morgan fingerprint density at radius 2 is 1.74 bits per heavy atom. The number of benzene rings is 2. The SMILES string of the molecule is COC(=O)c1ccccc1NC(=O)C1CC1C(=O)Nc1cccc(C#N)c1. The molecule has 2 aromatic rings. The van der Waals surface area contributed by atoms with Crippen molar-refractivity contribution >= 4 is 29.2 Å². The molecule has 2 atom stereocenters. The highest BCUT2D eigenvalue weighted by molar-refractivity contribution is 6.06. The summed E-state index contributed by atoms with van der Waals surface area (Å²) in [5.41, 5.74) is 1.56. The third kappa shape index (κ3) is 4.12. The first kappa shape index (κ1) is 18.1. The van der Waals surface area contributed by atoms with Gasteiger partial charge in [-0.05, 0) is 36.8 Å². The van der Waals surface area contributed by atoms with Crippen LogP contribution < -0.4 is 10.6 Å². The Bertz CT molecular complexity index is 948. The van der Waals surface area contributed by atoms with Crippen LogP contribution in [-0.4, -0.2) is 24.9 Å². The molecule has 0 saturated heterocycles. The largest absolute Gasteiger partial charge is 0.465 e. The van der Waals surface area contributed by atoms with E-state index in [1.54, 1.807) is 48.5 Å². The molecule has 2 unspecified atom stereocenters. The summed E-state index contributed by atoms with van der Waals surface area (Å²) < 4.78 is 4.70. The van der Waals surface area contributed by atoms with E-state index in [0.29, 0.717) is 23.4 Å². The maximum atomic E-state index is 12.4. The minimum absolute atomic E-state index is 0.253. The van der Waals surface area contributed by atoms with Gasteiger partial charge in [-0.25, -0.2) is 4.79 Å². The molecule has 3 rings (SSSR count). The molecule has 27 heavy (non-hydrogen) atoms. The van der Waals surface area contributed by atoms with Crippen LogP contribution >= 0.6 is 0 Å². The zero-order valence-electron chi connectivity index (χ0n) is 14.6. The van der Waals surface area contributed by atoms with Crippen molar-refractivity contribution in [3.05, 3.63) is 59.7 Å². The standard InChI is InChI=1S/C20H17N3O4/c1-27-20(26)14-7-2-3-8-17(14)23-19(25)16-10-15(16)18(24)22-13-6-4-5-12(9-13)11-21/h2-9,15-16H,10H2,1H3,(H,22,24)(H,23,25). The van der Waals surface area contributed by atoms with Crippen LogP contribution in [0.1, 0.15) is 22.3 Å². The molecule has 2 aromatic carbocycles. The van der Waals surface area contributed by atoms with E-state index >= 15 is 0 Å². The third-order valence-electron chi connectivity index (χ3n) is 4.31. The molecular formula is C20H17N3O4. The Balaban J connectivity index is 1.62. The number of anilines is 2. The van der Waals surface area contributed by atoms with Gasteiger partial charge in [0.15, 0.2) is 0 Å². The van der Waals surface area contributed by atoms with Gasteiger partial charge in [0.05, 0.1) is 41.8 Å². The van der Waals surface area contributed by atoms with E-state index in [-0.39, 0.29) is 17.4 Å². The van der Waals surface area contributed by atoms with Crippen LogP contribution in [0.15, 0.2) is 48.5 Å². The number of hydrogen-bond acceptors (Lipinski definition) is 5. The summed E-state index contributed by atoms with van der Waals surface area (Å²) in [5, 5.41) is 14.3. The Kier molecular flexibility index (Phi) is 5.18. The van der Waals surface area contributed by atoms with Crippen LogP contribution in [0, 0.1) is 23.2 Å². The minimum Gasteiger partial charge on any atom is -0.465 e. The summed E-state index contributed by atoms with van der Waals surface area (Å²) in [6.45, 7) is 0. The number of nitrogens with zero attached hydrogens (tertiary/aromatic N) is 1. The van der Waals surface area contributed by atoms with Crippen molar-refractivity contribution in [1.82, 2.24) is 0 Å². The zero-order valence-corrected chi connectivity index (χ0v) is 14.6. The van der Waals surface area contributed by atoms with Gasteiger partial charge in [0, 0.05) is 5.69 Å². The highest BCUT2D eigenvalue weighted by Gasteiger charge is 2.48. The summed E-state index contributed by atoms with van der Waals surface area (Å²) in [6.07, 6.45) is 0.427. The molecule has 1 saturated carbocycles. The Morgan fingerprint density at radius 1 is 1.04 bits per heavy atom. The molecular weight excluding hydrogens is 346 g/mol. The zero-order chi connectivity index (χ0) is 19.4. The molecule has 0 aromatic heterocycles. The number of carbonyl (C=O) groups is 3. The number of nitrogens with one attached hydrogen (secondary N) is 2. The first-order valence-electron chi connectivity index (χ1n) is 8.32. The van der Waals surface area contributed by atoms with Gasteiger partial charge in [0.2, 0.25) is 11.8 Å². The lowest BCUT2D eigenvalue weighted by atomic mass is 10.1. The van der Waals surface area contributed by atoms with Crippen molar-refractivity contribution in [3.63, 3.8) is 0 Å². The molecule has 0 heterocycles. The van der Waals surface area contributed by atoms with E-state index in [0.717, 1.165) is 0 Å². The van der Waals surface area contributed by atoms with Gasteiger partial charge in [-0.1, -0.05) is 18.2 Å². The van der Waals surface area contributed by atoms with E-state index in [1.165, 1.54) is 7.11 Å². The third-order valence-corrected chi connectivity index (χ3v) is 4.31. The molecule has 1 fully saturated rings. The molecule has 0 spiro atoms. The predicted octanol–water partition coefficient (Wildman–Crippen LogP) is 2.56. The van der Waals surface area contributed by atoms with Gasteiger partial charge < -0.3 is 15.4 Å². The van der Waals surface area contributed by atoms with Gasteiger partial charge in [-0.3, -0.25) is 9.59 Å². The molecule has 1 aliphatic carbocycles. The average Bonchev–Trinajstić information content (AvgIpc) is 3.49. The maximum Gasteiger partial charge on any atom is 0.339 e. The number of esters is 1. The molecule has 0 aliphatic heterocycles. The van der Waals surface area contributed by atoms with E-state index in [1.807, 2.05) is 6.07 Å². The van der Waals surface area contributed by atoms with Crippen LogP contribution in [0.25, 0.3) is 0 Å². The Morgan fingerprint density at radius 3 is 2.44 bits per heavy atom. The van der Waals surface area contributed by atoms with Gasteiger partial charge in [-0.15, -0.1) is 0 Å². The molecule has 2 amide bonds. The lowest BCUT2D eigenvalue weighted by Gasteiger charge is -2.09. The number of methoxy groups -OCH3 is 1. The van der Waals surface area contributed by atoms with Crippen LogP contribution in [0.3, 0.4) is 0 Å². The quantitative estimate of drug-likeness (QED) is 0.794. The molecule has 7 heteroatoms. The molecule has 0 bridgehead atoms. The number of para-hydroxylation sites is 1. The normalized spacial score (nSPS) is 17.3. The summed E-state index contributed by atoms with van der Waals surface area (Å²) in [5.74, 6) is -2.05. The second-order valence-corrected chi connectivity index (χ2v) is 6.16. The van der Waals surface area contributed by atoms with Crippen LogP contribution in [0.5, 0.6) is 0 Å². The molecule has 1 aliphatic rings. The first-order chi connectivity index (χ1) is 13.0. The predicted molar refractivity (Wildman–Crippen MR) is 97.8 cm³/mol. The smallest absolute Gasteiger partial charge is 0.339 e. The second-order valence-electron chi connectivity index (χ2n) is 6.16. The van der Waals surface area contributed by atoms with Crippen molar-refractivity contribution in [1.29, 1.82) is 5.26 Å². The topological polar surface area (TPSA) is 108 Å². The minimum atomic E-state index is -0.548. The van der Waals surface area contributed by atoms with E-state index in [2.05, 4.69) is 10.6 Å². The second kappa shape index (κ2) is 7.70. The van der Waals surface area contributed by atoms with Gasteiger partial charge in [0.1, 0.15) is 0 Å². The molecule has 136 valence electrons. The fourth-order valence-electron chi connectivity index (χ4n) is 2.78. The van der Waals surface area contributed by atoms with E-state index < -0.39 is 17.8 Å². The van der Waals surface area contributed by atoms with Crippen molar-refractivity contribution < 1.29 is 19.1 Å². The van der Waals surface area contributed by atoms with Gasteiger partial charge >= 0.3 is 5.97 Å². The highest BCUT2D eigenvalue weighted by Crippen LogP contribution is 2.40. The first-order valence-corrected chi connectivity index (χ1v) is 8.32. The van der Waals surface area contributed by atoms with Crippen molar-refractivity contribution in [2.75, 3.05) is 17.7 Å². The summed E-state index contributed by atoms with van der Waals surface area (Å²) in [4.78, 5) is 36.5. The Labute approximate surface area is 155 Å². The number of amides is 2. The van der Waals surface area contributed by atoms with Crippen molar-refractivity contribution in [3.8, 4) is 6.07 Å². The lowest BCUT2D eigenvalue weighted by Crippen LogP contribution is -2.21. The fraction of sp³-hybridized carbons (Fsp3) is 0.200. The van der Waals surface area contributed by atoms with Crippen LogP contribution in [0.4, 0.5) is 11.4 Å². The maximum absolute atomic E-state index is 12.4. The molecule has 7 nitrogen and oxygen atoms in total. The van der Waals surface area contributed by atoms with Crippen molar-refractivity contribution in [2.45, 2.75) is 6.42 Å². The summed E-state index contributed by atoms with van der Waals surface area (Å²) in [7, 11) is 1.27. The average molecular weight is 363 g/mol. The highest BCUT2D eigenvalue weighted by atomic mass is 16.5. The fourth-order valence-corrected chi connectivity index (χ4v) is 2.78. The molecule has 0 radical (unpaired) electrons. The number of carbonyl (C=O) groups excluding carboxylic acids is 3. The van der Waals surface area contributed by atoms with Gasteiger partial charge in [0.25, 0.3) is 0 Å². The number of nitriles is 1. The summed E-state index contributed by atoms with van der Waals surface area (Å²) in [6, 6.07) is 15.1. The van der Waals surface area contributed by atoms with Crippen LogP contribution in [0.2, 0.25) is 0 Å². The van der Waals surface area contributed by atoms with E-state index in [9.17, 15) is 14.4 Å². The number of rotatable bonds is 5. The van der Waals surface area contributed by atoms with E-state index in [4.69, 9.17) is 10.00 Å². The number of ether oxygens (including phenoxy) is 1. The Hall–Kier alpha value is -3.66. The monoisotopic (exact) mass is 363 g/mol. The van der Waals surface area contributed by atoms with Crippen molar-refractivity contribution in [2.24, 2.45) is 11.8 Å².